The van der Waals surface area contributed by atoms with E-state index >= 15 is 0 Å². The molecule has 0 fully saturated rings. The lowest BCUT2D eigenvalue weighted by Crippen LogP contribution is -2.31. The van der Waals surface area contributed by atoms with Crippen molar-refractivity contribution in [3.05, 3.63) is 69.7 Å². The van der Waals surface area contributed by atoms with Gasteiger partial charge in [-0.25, -0.2) is 13.4 Å². The minimum atomic E-state index is -3.63. The van der Waals surface area contributed by atoms with E-state index in [0.29, 0.717) is 31.0 Å². The maximum Gasteiger partial charge on any atom is 0.243 e. The number of ether oxygens (including phenoxy) is 2. The summed E-state index contributed by atoms with van der Waals surface area (Å²) >= 11 is 1.47. The van der Waals surface area contributed by atoms with Crippen molar-refractivity contribution in [1.82, 2.24) is 9.29 Å². The topological polar surface area (TPSA) is 68.7 Å². The molecule has 0 atom stereocenters. The lowest BCUT2D eigenvalue weighted by atomic mass is 10.1. The Hall–Kier alpha value is -2.42. The van der Waals surface area contributed by atoms with E-state index in [0.717, 1.165) is 10.8 Å². The van der Waals surface area contributed by atoms with Crippen LogP contribution in [-0.2, 0) is 23.2 Å². The highest BCUT2D eigenvalue weighted by atomic mass is 32.2. The summed E-state index contributed by atoms with van der Waals surface area (Å²) in [7, 11) is -2.08. The summed E-state index contributed by atoms with van der Waals surface area (Å²) in [6.45, 7) is 7.07. The molecule has 0 aliphatic heterocycles. The first kappa shape index (κ1) is 23.2. The van der Waals surface area contributed by atoms with Crippen molar-refractivity contribution in [2.24, 2.45) is 0 Å². The van der Waals surface area contributed by atoms with Crippen molar-refractivity contribution < 1.29 is 17.9 Å². The number of thiazole rings is 1. The van der Waals surface area contributed by atoms with Gasteiger partial charge < -0.3 is 9.47 Å². The number of hydrogen-bond donors (Lipinski definition) is 0. The van der Waals surface area contributed by atoms with Gasteiger partial charge in [-0.1, -0.05) is 13.0 Å². The van der Waals surface area contributed by atoms with E-state index in [1.807, 2.05) is 30.5 Å². The Balaban J connectivity index is 1.69. The van der Waals surface area contributed by atoms with Crippen LogP contribution in [0.4, 0.5) is 0 Å². The van der Waals surface area contributed by atoms with Gasteiger partial charge >= 0.3 is 0 Å². The van der Waals surface area contributed by atoms with Gasteiger partial charge in [-0.2, -0.15) is 4.31 Å². The first-order valence-electron chi connectivity index (χ1n) is 10.1. The Labute approximate surface area is 188 Å². The van der Waals surface area contributed by atoms with Crippen molar-refractivity contribution in [3.8, 4) is 11.5 Å². The van der Waals surface area contributed by atoms with Crippen molar-refractivity contribution >= 4 is 21.4 Å². The van der Waals surface area contributed by atoms with E-state index in [1.54, 1.807) is 31.4 Å². The normalized spacial score (nSPS) is 11.6. The Morgan fingerprint density at radius 2 is 1.74 bits per heavy atom. The van der Waals surface area contributed by atoms with Crippen molar-refractivity contribution in [2.45, 2.75) is 45.2 Å². The van der Waals surface area contributed by atoms with Crippen LogP contribution >= 0.6 is 11.3 Å². The number of methoxy groups -OCH3 is 1. The lowest BCUT2D eigenvalue weighted by Gasteiger charge is -2.21. The fraction of sp³-hybridized carbons (Fsp3) is 0.348. The number of nitrogens with zero attached hydrogens (tertiary/aromatic N) is 2. The van der Waals surface area contributed by atoms with Crippen LogP contribution in [0.3, 0.4) is 0 Å². The second kappa shape index (κ2) is 10.3. The van der Waals surface area contributed by atoms with Crippen LogP contribution in [0.1, 0.15) is 35.2 Å². The molecule has 0 saturated carbocycles. The van der Waals surface area contributed by atoms with Crippen LogP contribution in [0, 0.1) is 13.8 Å². The molecule has 0 aliphatic rings. The molecule has 6 nitrogen and oxygen atoms in total. The third kappa shape index (κ3) is 5.84. The van der Waals surface area contributed by atoms with Crippen molar-refractivity contribution in [2.75, 3.05) is 13.7 Å². The van der Waals surface area contributed by atoms with Crippen molar-refractivity contribution in [1.29, 1.82) is 0 Å². The molecule has 0 N–H and O–H groups in total. The average Bonchev–Trinajstić information content (AvgIpc) is 3.22. The Kier molecular flexibility index (Phi) is 7.69. The molecule has 0 amide bonds. The summed E-state index contributed by atoms with van der Waals surface area (Å²) in [6, 6.07) is 12.4. The molecule has 166 valence electrons. The SMILES string of the molecule is CCCN(Cc1csc(COc2ccc(C)c(C)c2)n1)S(=O)(=O)c1ccc(OC)cc1. The fourth-order valence-electron chi connectivity index (χ4n) is 3.05. The maximum absolute atomic E-state index is 13.1. The summed E-state index contributed by atoms with van der Waals surface area (Å²) in [5.74, 6) is 1.42. The summed E-state index contributed by atoms with van der Waals surface area (Å²) < 4.78 is 38.7. The summed E-state index contributed by atoms with van der Waals surface area (Å²) in [4.78, 5) is 4.83. The van der Waals surface area contributed by atoms with Gasteiger partial charge in [0.15, 0.2) is 0 Å². The molecule has 0 spiro atoms. The zero-order valence-electron chi connectivity index (χ0n) is 18.3. The van der Waals surface area contributed by atoms with E-state index in [1.165, 1.54) is 26.8 Å². The number of aromatic nitrogens is 1. The van der Waals surface area contributed by atoms with Crippen LogP contribution in [0.2, 0.25) is 0 Å². The Bertz CT molecular complexity index is 1110. The van der Waals surface area contributed by atoms with Gasteiger partial charge in [0.2, 0.25) is 10.0 Å². The molecular weight excluding hydrogens is 432 g/mol. The van der Waals surface area contributed by atoms with E-state index in [4.69, 9.17) is 9.47 Å². The molecule has 0 unspecified atom stereocenters. The summed E-state index contributed by atoms with van der Waals surface area (Å²) in [5.41, 5.74) is 3.11. The van der Waals surface area contributed by atoms with Gasteiger partial charge in [-0.05, 0) is 67.8 Å². The van der Waals surface area contributed by atoms with Crippen LogP contribution < -0.4 is 9.47 Å². The van der Waals surface area contributed by atoms with Crippen LogP contribution in [0.5, 0.6) is 11.5 Å². The smallest absolute Gasteiger partial charge is 0.243 e. The van der Waals surface area contributed by atoms with E-state index < -0.39 is 10.0 Å². The van der Waals surface area contributed by atoms with Gasteiger partial charge in [0.1, 0.15) is 23.1 Å². The molecule has 31 heavy (non-hydrogen) atoms. The van der Waals surface area contributed by atoms with Gasteiger partial charge in [0, 0.05) is 11.9 Å². The molecule has 0 bridgehead atoms. The molecule has 1 aromatic heterocycles. The predicted octanol–water partition coefficient (Wildman–Crippen LogP) is 4.95. The standard InChI is InChI=1S/C23H28N2O4S2/c1-5-12-25(31(26,27)22-10-8-20(28-4)9-11-22)14-19-16-30-23(24-19)15-29-21-7-6-17(2)18(3)13-21/h6-11,13,16H,5,12,14-15H2,1-4H3. The van der Waals surface area contributed by atoms with Gasteiger partial charge in [0.05, 0.1) is 24.2 Å². The average molecular weight is 461 g/mol. The zero-order valence-corrected chi connectivity index (χ0v) is 19.9. The number of rotatable bonds is 10. The highest BCUT2D eigenvalue weighted by Gasteiger charge is 2.25. The number of sulfonamides is 1. The number of hydrogen-bond acceptors (Lipinski definition) is 6. The van der Waals surface area contributed by atoms with Crippen LogP contribution in [-0.4, -0.2) is 31.4 Å². The molecule has 3 rings (SSSR count). The minimum absolute atomic E-state index is 0.225. The van der Waals surface area contributed by atoms with E-state index in [9.17, 15) is 8.42 Å². The first-order chi connectivity index (χ1) is 14.8. The van der Waals surface area contributed by atoms with Crippen LogP contribution in [0.15, 0.2) is 52.7 Å². The zero-order chi connectivity index (χ0) is 22.4. The molecule has 3 aromatic rings. The third-order valence-electron chi connectivity index (χ3n) is 4.95. The highest BCUT2D eigenvalue weighted by Crippen LogP contribution is 2.23. The summed E-state index contributed by atoms with van der Waals surface area (Å²) in [5, 5.41) is 2.71. The highest BCUT2D eigenvalue weighted by molar-refractivity contribution is 7.89. The van der Waals surface area contributed by atoms with Gasteiger partial charge in [0.25, 0.3) is 0 Å². The largest absolute Gasteiger partial charge is 0.497 e. The number of aryl methyl sites for hydroxylation is 2. The first-order valence-corrected chi connectivity index (χ1v) is 12.4. The molecule has 8 heteroatoms. The lowest BCUT2D eigenvalue weighted by molar-refractivity contribution is 0.304. The van der Waals surface area contributed by atoms with Gasteiger partial charge in [-0.3, -0.25) is 0 Å². The number of benzene rings is 2. The summed E-state index contributed by atoms with van der Waals surface area (Å²) in [6.07, 6.45) is 0.711. The van der Waals surface area contributed by atoms with E-state index in [-0.39, 0.29) is 11.4 Å². The molecule has 1 heterocycles. The maximum atomic E-state index is 13.1. The fourth-order valence-corrected chi connectivity index (χ4v) is 5.25. The molecular formula is C23H28N2O4S2. The Morgan fingerprint density at radius 1 is 1.03 bits per heavy atom. The van der Waals surface area contributed by atoms with E-state index in [2.05, 4.69) is 18.8 Å². The Morgan fingerprint density at radius 3 is 2.39 bits per heavy atom. The molecule has 0 radical (unpaired) electrons. The second-order valence-corrected chi connectivity index (χ2v) is 10.2. The van der Waals surface area contributed by atoms with Crippen molar-refractivity contribution in [3.63, 3.8) is 0 Å². The third-order valence-corrected chi connectivity index (χ3v) is 7.68. The quantitative estimate of drug-likeness (QED) is 0.428. The second-order valence-electron chi connectivity index (χ2n) is 7.28. The predicted molar refractivity (Wildman–Crippen MR) is 123 cm³/mol. The molecule has 2 aromatic carbocycles. The monoisotopic (exact) mass is 460 g/mol. The molecule has 0 aliphatic carbocycles. The minimum Gasteiger partial charge on any atom is -0.497 e. The van der Waals surface area contributed by atoms with Gasteiger partial charge in [-0.15, -0.1) is 11.3 Å². The van der Waals surface area contributed by atoms with Crippen LogP contribution in [0.25, 0.3) is 0 Å². The molecule has 0 saturated heterocycles.